The minimum atomic E-state index is -0.762. The van der Waals surface area contributed by atoms with Gasteiger partial charge in [0.2, 0.25) is 0 Å². The molecule has 0 saturated carbocycles. The van der Waals surface area contributed by atoms with Gasteiger partial charge in [-0.25, -0.2) is 9.59 Å². The summed E-state index contributed by atoms with van der Waals surface area (Å²) >= 11 is 0. The highest BCUT2D eigenvalue weighted by atomic mass is 16.6. The second-order valence-corrected chi connectivity index (χ2v) is 7.82. The van der Waals surface area contributed by atoms with E-state index >= 15 is 0 Å². The van der Waals surface area contributed by atoms with Crippen molar-refractivity contribution in [1.29, 1.82) is 0 Å². The van der Waals surface area contributed by atoms with Gasteiger partial charge in [-0.1, -0.05) is 69.4 Å². The summed E-state index contributed by atoms with van der Waals surface area (Å²) in [6.45, 7) is 7.93. The van der Waals surface area contributed by atoms with Crippen molar-refractivity contribution in [3.63, 3.8) is 0 Å². The summed E-state index contributed by atoms with van der Waals surface area (Å²) in [6, 6.07) is 8.80. The van der Waals surface area contributed by atoms with Gasteiger partial charge < -0.3 is 14.8 Å². The van der Waals surface area contributed by atoms with Gasteiger partial charge in [-0.3, -0.25) is 0 Å². The molecule has 1 atom stereocenters. The summed E-state index contributed by atoms with van der Waals surface area (Å²) in [4.78, 5) is 24.6. The van der Waals surface area contributed by atoms with E-state index in [1.807, 2.05) is 30.3 Å². The number of carbonyl (C=O) groups excluding carboxylic acids is 2. The van der Waals surface area contributed by atoms with Crippen molar-refractivity contribution in [2.24, 2.45) is 0 Å². The molecule has 1 amide bonds. The van der Waals surface area contributed by atoms with Crippen LogP contribution in [0, 0.1) is 0 Å². The topological polar surface area (TPSA) is 64.6 Å². The van der Waals surface area contributed by atoms with Crippen molar-refractivity contribution < 1.29 is 19.1 Å². The average molecular weight is 378 g/mol. The molecular weight excluding hydrogens is 342 g/mol. The Balaban J connectivity index is 2.53. The zero-order valence-corrected chi connectivity index (χ0v) is 17.3. The van der Waals surface area contributed by atoms with Crippen LogP contribution in [0.15, 0.2) is 30.3 Å². The minimum Gasteiger partial charge on any atom is -0.464 e. The maximum atomic E-state index is 12.5. The molecule has 0 saturated heterocycles. The summed E-state index contributed by atoms with van der Waals surface area (Å²) in [5.41, 5.74) is 0.333. The molecule has 5 heteroatoms. The lowest BCUT2D eigenvalue weighted by Crippen LogP contribution is -2.45. The summed E-state index contributed by atoms with van der Waals surface area (Å²) < 4.78 is 10.7. The number of amides is 1. The number of hydrogen-bond donors (Lipinski definition) is 1. The normalized spacial score (nSPS) is 12.3. The van der Waals surface area contributed by atoms with Crippen molar-refractivity contribution in [2.45, 2.75) is 84.3 Å². The van der Waals surface area contributed by atoms with Crippen LogP contribution < -0.4 is 5.32 Å². The molecule has 0 aliphatic heterocycles. The SMILES string of the molecule is CCCCCCCCOC(=O)[C@H](Cc1ccccc1)NC(=O)OC(C)(C)C. The Kier molecular flexibility index (Phi) is 10.5. The molecule has 1 rings (SSSR count). The van der Waals surface area contributed by atoms with Gasteiger partial charge >= 0.3 is 12.1 Å². The number of hydrogen-bond acceptors (Lipinski definition) is 4. The van der Waals surface area contributed by atoms with E-state index in [1.54, 1.807) is 20.8 Å². The fourth-order valence-corrected chi connectivity index (χ4v) is 2.65. The predicted molar refractivity (Wildman–Crippen MR) is 108 cm³/mol. The van der Waals surface area contributed by atoms with Crippen molar-refractivity contribution in [2.75, 3.05) is 6.61 Å². The van der Waals surface area contributed by atoms with Gasteiger partial charge in [0.1, 0.15) is 11.6 Å². The number of rotatable bonds is 11. The fourth-order valence-electron chi connectivity index (χ4n) is 2.65. The number of esters is 1. The molecule has 0 aromatic heterocycles. The first-order valence-corrected chi connectivity index (χ1v) is 10.0. The third-order valence-electron chi connectivity index (χ3n) is 4.00. The molecule has 0 heterocycles. The second kappa shape index (κ2) is 12.4. The molecule has 0 aliphatic carbocycles. The number of alkyl carbamates (subject to hydrolysis) is 1. The average Bonchev–Trinajstić information content (AvgIpc) is 2.59. The largest absolute Gasteiger partial charge is 0.464 e. The lowest BCUT2D eigenvalue weighted by atomic mass is 10.1. The van der Waals surface area contributed by atoms with E-state index in [1.165, 1.54) is 19.3 Å². The van der Waals surface area contributed by atoms with Gasteiger partial charge in [-0.05, 0) is 32.8 Å². The van der Waals surface area contributed by atoms with Crippen LogP contribution in [0.3, 0.4) is 0 Å². The Hall–Kier alpha value is -2.04. The molecular formula is C22H35NO4. The zero-order valence-electron chi connectivity index (χ0n) is 17.3. The van der Waals surface area contributed by atoms with Crippen LogP contribution in [0.25, 0.3) is 0 Å². The van der Waals surface area contributed by atoms with E-state index in [-0.39, 0.29) is 0 Å². The Bertz CT molecular complexity index is 551. The van der Waals surface area contributed by atoms with E-state index in [2.05, 4.69) is 12.2 Å². The van der Waals surface area contributed by atoms with E-state index in [0.29, 0.717) is 13.0 Å². The van der Waals surface area contributed by atoms with Crippen LogP contribution in [0.5, 0.6) is 0 Å². The fraction of sp³-hybridized carbons (Fsp3) is 0.636. The number of carbonyl (C=O) groups is 2. The number of ether oxygens (including phenoxy) is 2. The van der Waals surface area contributed by atoms with Crippen molar-refractivity contribution in [3.8, 4) is 0 Å². The first-order chi connectivity index (χ1) is 12.8. The number of benzene rings is 1. The Morgan fingerprint density at radius 1 is 1.00 bits per heavy atom. The molecule has 0 bridgehead atoms. The minimum absolute atomic E-state index is 0.370. The molecule has 0 radical (unpaired) electrons. The van der Waals surface area contributed by atoms with Gasteiger partial charge in [0, 0.05) is 6.42 Å². The van der Waals surface area contributed by atoms with Crippen molar-refractivity contribution in [1.82, 2.24) is 5.32 Å². The first kappa shape index (κ1) is 23.0. The van der Waals surface area contributed by atoms with E-state index in [4.69, 9.17) is 9.47 Å². The smallest absolute Gasteiger partial charge is 0.408 e. The highest BCUT2D eigenvalue weighted by molar-refractivity contribution is 5.81. The zero-order chi connectivity index (χ0) is 20.1. The highest BCUT2D eigenvalue weighted by Gasteiger charge is 2.25. The molecule has 1 N–H and O–H groups in total. The van der Waals surface area contributed by atoms with Crippen LogP contribution in [0.2, 0.25) is 0 Å². The second-order valence-electron chi connectivity index (χ2n) is 7.82. The van der Waals surface area contributed by atoms with Gasteiger partial charge in [0.25, 0.3) is 0 Å². The quantitative estimate of drug-likeness (QED) is 0.434. The van der Waals surface area contributed by atoms with Crippen LogP contribution in [0.4, 0.5) is 4.79 Å². The van der Waals surface area contributed by atoms with E-state index < -0.39 is 23.7 Å². The monoisotopic (exact) mass is 377 g/mol. The third-order valence-corrected chi connectivity index (χ3v) is 4.00. The molecule has 1 aromatic carbocycles. The molecule has 0 spiro atoms. The molecule has 27 heavy (non-hydrogen) atoms. The van der Waals surface area contributed by atoms with Gasteiger partial charge in [0.05, 0.1) is 6.61 Å². The summed E-state index contributed by atoms with van der Waals surface area (Å²) in [6.07, 6.45) is 6.51. The molecule has 0 unspecified atom stereocenters. The van der Waals surface area contributed by atoms with Gasteiger partial charge in [0.15, 0.2) is 0 Å². The number of unbranched alkanes of at least 4 members (excludes halogenated alkanes) is 5. The summed E-state index contributed by atoms with van der Waals surface area (Å²) in [7, 11) is 0. The molecule has 0 fully saturated rings. The first-order valence-electron chi connectivity index (χ1n) is 10.0. The Morgan fingerprint density at radius 3 is 2.26 bits per heavy atom. The molecule has 152 valence electrons. The van der Waals surface area contributed by atoms with Crippen LogP contribution >= 0.6 is 0 Å². The van der Waals surface area contributed by atoms with Crippen LogP contribution in [0.1, 0.15) is 71.8 Å². The predicted octanol–water partition coefficient (Wildman–Crippen LogP) is 5.03. The third kappa shape index (κ3) is 11.3. The van der Waals surface area contributed by atoms with E-state index in [0.717, 1.165) is 24.8 Å². The standard InChI is InChI=1S/C22H35NO4/c1-5-6-7-8-9-13-16-26-20(24)19(17-18-14-11-10-12-15-18)23-21(25)27-22(2,3)4/h10-12,14-15,19H,5-9,13,16-17H2,1-4H3,(H,23,25)/t19-/m0/s1. The van der Waals surface area contributed by atoms with Gasteiger partial charge in [-0.15, -0.1) is 0 Å². The lowest BCUT2D eigenvalue weighted by Gasteiger charge is -2.23. The van der Waals surface area contributed by atoms with Crippen molar-refractivity contribution >= 4 is 12.1 Å². The van der Waals surface area contributed by atoms with Crippen LogP contribution in [-0.2, 0) is 20.7 Å². The maximum Gasteiger partial charge on any atom is 0.408 e. The van der Waals surface area contributed by atoms with Crippen LogP contribution in [-0.4, -0.2) is 30.3 Å². The van der Waals surface area contributed by atoms with E-state index in [9.17, 15) is 9.59 Å². The van der Waals surface area contributed by atoms with Crippen molar-refractivity contribution in [3.05, 3.63) is 35.9 Å². The molecule has 1 aromatic rings. The molecule has 0 aliphatic rings. The Morgan fingerprint density at radius 2 is 1.63 bits per heavy atom. The molecule has 5 nitrogen and oxygen atoms in total. The van der Waals surface area contributed by atoms with Gasteiger partial charge in [-0.2, -0.15) is 0 Å². The maximum absolute atomic E-state index is 12.5. The number of nitrogens with one attached hydrogen (secondary N) is 1. The summed E-state index contributed by atoms with van der Waals surface area (Å²) in [5.74, 6) is -0.418. The highest BCUT2D eigenvalue weighted by Crippen LogP contribution is 2.10. The summed E-state index contributed by atoms with van der Waals surface area (Å²) in [5, 5.41) is 2.65. The lowest BCUT2D eigenvalue weighted by molar-refractivity contribution is -0.146. The Labute approximate surface area is 163 Å².